The number of nitrogens with zero attached hydrogens (tertiary/aromatic N) is 2. The number of carbonyl (C=O) groups is 2. The number of furan rings is 1. The van der Waals surface area contributed by atoms with E-state index in [2.05, 4.69) is 15.6 Å². The SMILES string of the molecule is Cc1occc1C(=O)Nc1nc(CC(=O)N2CCNCC2)cs1. The zero-order valence-electron chi connectivity index (χ0n) is 12.8. The minimum Gasteiger partial charge on any atom is -0.469 e. The predicted molar refractivity (Wildman–Crippen MR) is 86.7 cm³/mol. The highest BCUT2D eigenvalue weighted by atomic mass is 32.1. The summed E-state index contributed by atoms with van der Waals surface area (Å²) in [5.41, 5.74) is 1.16. The maximum absolute atomic E-state index is 12.2. The molecule has 1 aliphatic rings. The van der Waals surface area contributed by atoms with Crippen LogP contribution in [-0.2, 0) is 11.2 Å². The number of anilines is 1. The summed E-state index contributed by atoms with van der Waals surface area (Å²) in [5.74, 6) is 0.374. The number of aromatic nitrogens is 1. The summed E-state index contributed by atoms with van der Waals surface area (Å²) in [6.07, 6.45) is 1.74. The average Bonchev–Trinajstić information content (AvgIpc) is 3.17. The molecule has 0 spiro atoms. The number of carbonyl (C=O) groups excluding carboxylic acids is 2. The summed E-state index contributed by atoms with van der Waals surface area (Å²) in [4.78, 5) is 30.4. The Morgan fingerprint density at radius 3 is 2.91 bits per heavy atom. The third kappa shape index (κ3) is 3.77. The lowest BCUT2D eigenvalue weighted by molar-refractivity contribution is -0.131. The van der Waals surface area contributed by atoms with Crippen molar-refractivity contribution in [1.82, 2.24) is 15.2 Å². The smallest absolute Gasteiger partial charge is 0.260 e. The molecule has 0 saturated carbocycles. The van der Waals surface area contributed by atoms with Crippen LogP contribution in [0, 0.1) is 6.92 Å². The van der Waals surface area contributed by atoms with Gasteiger partial charge in [-0.15, -0.1) is 11.3 Å². The number of amides is 2. The third-order valence-electron chi connectivity index (χ3n) is 3.68. The van der Waals surface area contributed by atoms with Crippen molar-refractivity contribution in [2.24, 2.45) is 0 Å². The molecule has 0 aromatic carbocycles. The topological polar surface area (TPSA) is 87.5 Å². The van der Waals surface area contributed by atoms with Crippen LogP contribution in [-0.4, -0.2) is 47.9 Å². The van der Waals surface area contributed by atoms with Gasteiger partial charge in [-0.2, -0.15) is 0 Å². The number of piperazine rings is 1. The van der Waals surface area contributed by atoms with E-state index in [-0.39, 0.29) is 18.2 Å². The molecule has 1 saturated heterocycles. The lowest BCUT2D eigenvalue weighted by Gasteiger charge is -2.27. The summed E-state index contributed by atoms with van der Waals surface area (Å²) in [5, 5.41) is 8.23. The summed E-state index contributed by atoms with van der Waals surface area (Å²) in [7, 11) is 0. The summed E-state index contributed by atoms with van der Waals surface area (Å²) in [6.45, 7) is 4.84. The third-order valence-corrected chi connectivity index (χ3v) is 4.48. The Morgan fingerprint density at radius 2 is 2.22 bits per heavy atom. The van der Waals surface area contributed by atoms with Crippen LogP contribution >= 0.6 is 11.3 Å². The molecule has 3 rings (SSSR count). The number of rotatable bonds is 4. The van der Waals surface area contributed by atoms with Crippen LogP contribution in [0.4, 0.5) is 5.13 Å². The summed E-state index contributed by atoms with van der Waals surface area (Å²) < 4.78 is 5.12. The fourth-order valence-corrected chi connectivity index (χ4v) is 3.12. The molecule has 2 N–H and O–H groups in total. The van der Waals surface area contributed by atoms with E-state index in [4.69, 9.17) is 4.42 Å². The zero-order chi connectivity index (χ0) is 16.2. The van der Waals surface area contributed by atoms with Crippen LogP contribution in [0.2, 0.25) is 0 Å². The lowest BCUT2D eigenvalue weighted by atomic mass is 10.2. The fourth-order valence-electron chi connectivity index (χ4n) is 2.41. The second kappa shape index (κ2) is 6.93. The van der Waals surface area contributed by atoms with Crippen molar-refractivity contribution in [2.45, 2.75) is 13.3 Å². The molecule has 7 nitrogen and oxygen atoms in total. The normalized spacial score (nSPS) is 14.7. The van der Waals surface area contributed by atoms with E-state index < -0.39 is 0 Å². The van der Waals surface area contributed by atoms with E-state index in [0.717, 1.165) is 26.2 Å². The van der Waals surface area contributed by atoms with Gasteiger partial charge in [0, 0.05) is 31.6 Å². The van der Waals surface area contributed by atoms with E-state index in [0.29, 0.717) is 22.1 Å². The molecule has 1 aliphatic heterocycles. The van der Waals surface area contributed by atoms with Gasteiger partial charge in [-0.25, -0.2) is 4.98 Å². The van der Waals surface area contributed by atoms with E-state index in [1.165, 1.54) is 17.6 Å². The van der Waals surface area contributed by atoms with Crippen LogP contribution < -0.4 is 10.6 Å². The van der Waals surface area contributed by atoms with E-state index >= 15 is 0 Å². The lowest BCUT2D eigenvalue weighted by Crippen LogP contribution is -2.46. The first kappa shape index (κ1) is 15.7. The molecule has 0 atom stereocenters. The van der Waals surface area contributed by atoms with Crippen molar-refractivity contribution in [2.75, 3.05) is 31.5 Å². The van der Waals surface area contributed by atoms with Crippen LogP contribution in [0.25, 0.3) is 0 Å². The number of hydrogen-bond acceptors (Lipinski definition) is 6. The molecule has 122 valence electrons. The maximum atomic E-state index is 12.2. The van der Waals surface area contributed by atoms with Crippen molar-refractivity contribution < 1.29 is 14.0 Å². The Labute approximate surface area is 137 Å². The Balaban J connectivity index is 1.58. The number of aryl methyl sites for hydroxylation is 1. The van der Waals surface area contributed by atoms with Crippen LogP contribution in [0.5, 0.6) is 0 Å². The first-order valence-electron chi connectivity index (χ1n) is 7.42. The maximum Gasteiger partial charge on any atom is 0.260 e. The van der Waals surface area contributed by atoms with Crippen molar-refractivity contribution in [3.05, 3.63) is 34.7 Å². The molecule has 1 fully saturated rings. The van der Waals surface area contributed by atoms with Crippen molar-refractivity contribution in [3.63, 3.8) is 0 Å². The van der Waals surface area contributed by atoms with Gasteiger partial charge in [-0.1, -0.05) is 0 Å². The average molecular weight is 334 g/mol. The van der Waals surface area contributed by atoms with Gasteiger partial charge >= 0.3 is 0 Å². The monoisotopic (exact) mass is 334 g/mol. The van der Waals surface area contributed by atoms with Crippen molar-refractivity contribution in [3.8, 4) is 0 Å². The second-order valence-corrected chi connectivity index (χ2v) is 6.15. The second-order valence-electron chi connectivity index (χ2n) is 5.30. The van der Waals surface area contributed by atoms with E-state index in [1.54, 1.807) is 18.4 Å². The highest BCUT2D eigenvalue weighted by Crippen LogP contribution is 2.18. The van der Waals surface area contributed by atoms with Gasteiger partial charge in [-0.05, 0) is 13.0 Å². The molecule has 2 aromatic rings. The zero-order valence-corrected chi connectivity index (χ0v) is 13.6. The molecule has 0 radical (unpaired) electrons. The Kier molecular flexibility index (Phi) is 4.73. The minimum absolute atomic E-state index is 0.0698. The molecule has 2 aromatic heterocycles. The molecule has 0 aliphatic carbocycles. The van der Waals surface area contributed by atoms with Gasteiger partial charge < -0.3 is 14.6 Å². The molecule has 8 heteroatoms. The van der Waals surface area contributed by atoms with Gasteiger partial charge in [0.2, 0.25) is 5.91 Å². The molecule has 23 heavy (non-hydrogen) atoms. The van der Waals surface area contributed by atoms with Gasteiger partial charge in [0.05, 0.1) is 23.9 Å². The van der Waals surface area contributed by atoms with Crippen molar-refractivity contribution in [1.29, 1.82) is 0 Å². The van der Waals surface area contributed by atoms with Crippen LogP contribution in [0.15, 0.2) is 22.1 Å². The first-order valence-corrected chi connectivity index (χ1v) is 8.30. The van der Waals surface area contributed by atoms with E-state index in [1.807, 2.05) is 4.90 Å². The fraction of sp³-hybridized carbons (Fsp3) is 0.400. The molecule has 0 unspecified atom stereocenters. The Morgan fingerprint density at radius 1 is 1.43 bits per heavy atom. The van der Waals surface area contributed by atoms with Crippen molar-refractivity contribution >= 4 is 28.3 Å². The Bertz CT molecular complexity index is 703. The van der Waals surface area contributed by atoms with Crippen LogP contribution in [0.3, 0.4) is 0 Å². The standard InChI is InChI=1S/C15H18N4O3S/c1-10-12(2-7-22-10)14(21)18-15-17-11(9-23-15)8-13(20)19-5-3-16-4-6-19/h2,7,9,16H,3-6,8H2,1H3,(H,17,18,21). The van der Waals surface area contributed by atoms with Gasteiger partial charge in [0.25, 0.3) is 5.91 Å². The quantitative estimate of drug-likeness (QED) is 0.879. The first-order chi connectivity index (χ1) is 11.1. The van der Waals surface area contributed by atoms with Crippen LogP contribution in [0.1, 0.15) is 21.8 Å². The molecule has 3 heterocycles. The largest absolute Gasteiger partial charge is 0.469 e. The number of hydrogen-bond donors (Lipinski definition) is 2. The molecular formula is C15H18N4O3S. The molecular weight excluding hydrogens is 316 g/mol. The molecule has 0 bridgehead atoms. The van der Waals surface area contributed by atoms with Gasteiger partial charge in [-0.3, -0.25) is 14.9 Å². The van der Waals surface area contributed by atoms with E-state index in [9.17, 15) is 9.59 Å². The number of thiazole rings is 1. The number of nitrogens with one attached hydrogen (secondary N) is 2. The predicted octanol–water partition coefficient (Wildman–Crippen LogP) is 1.27. The van der Waals surface area contributed by atoms with Gasteiger partial charge in [0.1, 0.15) is 5.76 Å². The highest BCUT2D eigenvalue weighted by Gasteiger charge is 2.18. The Hall–Kier alpha value is -2.19. The highest BCUT2D eigenvalue weighted by molar-refractivity contribution is 7.14. The minimum atomic E-state index is -0.259. The summed E-state index contributed by atoms with van der Waals surface area (Å²) in [6, 6.07) is 1.62. The molecule has 2 amide bonds. The summed E-state index contributed by atoms with van der Waals surface area (Å²) >= 11 is 1.31. The van der Waals surface area contributed by atoms with Gasteiger partial charge in [0.15, 0.2) is 5.13 Å².